The minimum Gasteiger partial charge on any atom is -0.491 e. The van der Waals surface area contributed by atoms with E-state index in [2.05, 4.69) is 5.10 Å². The third-order valence-electron chi connectivity index (χ3n) is 2.87. The highest BCUT2D eigenvalue weighted by molar-refractivity contribution is 6.31. The Morgan fingerprint density at radius 1 is 1.42 bits per heavy atom. The molecule has 2 rings (SSSR count). The number of carbonyl (C=O) groups excluding carboxylic acids is 1. The van der Waals surface area contributed by atoms with E-state index in [1.54, 1.807) is 23.0 Å². The molecule has 2 aromatic rings. The molecular weight excluding hydrogens is 264 g/mol. The number of rotatable bonds is 5. The van der Waals surface area contributed by atoms with Crippen LogP contribution in [0.15, 0.2) is 30.5 Å². The van der Waals surface area contributed by atoms with Crippen LogP contribution in [0.3, 0.4) is 0 Å². The van der Waals surface area contributed by atoms with Crippen LogP contribution < -0.4 is 4.74 Å². The first kappa shape index (κ1) is 13.6. The second-order valence-electron chi connectivity index (χ2n) is 4.20. The Kier molecular flexibility index (Phi) is 4.22. The van der Waals surface area contributed by atoms with Gasteiger partial charge in [-0.1, -0.05) is 23.7 Å². The van der Waals surface area contributed by atoms with E-state index in [-0.39, 0.29) is 5.78 Å². The molecule has 0 fully saturated rings. The third kappa shape index (κ3) is 3.15. The van der Waals surface area contributed by atoms with E-state index in [1.165, 1.54) is 6.92 Å². The van der Waals surface area contributed by atoms with E-state index in [0.29, 0.717) is 29.5 Å². The molecule has 0 aliphatic heterocycles. The maximum atomic E-state index is 11.4. The monoisotopic (exact) mass is 278 g/mol. The van der Waals surface area contributed by atoms with Crippen LogP contribution in [0.2, 0.25) is 5.02 Å². The first-order valence-corrected chi connectivity index (χ1v) is 6.38. The summed E-state index contributed by atoms with van der Waals surface area (Å²) in [7, 11) is 0. The van der Waals surface area contributed by atoms with Gasteiger partial charge in [0.25, 0.3) is 0 Å². The number of hydrogen-bond donors (Lipinski definition) is 0. The van der Waals surface area contributed by atoms with Gasteiger partial charge < -0.3 is 4.74 Å². The van der Waals surface area contributed by atoms with Gasteiger partial charge in [0.05, 0.1) is 29.0 Å². The molecule has 0 atom stereocenters. The van der Waals surface area contributed by atoms with E-state index in [1.807, 2.05) is 19.1 Å². The Morgan fingerprint density at radius 3 is 2.79 bits per heavy atom. The molecule has 0 bridgehead atoms. The fourth-order valence-electron chi connectivity index (χ4n) is 1.77. The Balaban J connectivity index is 2.00. The number of para-hydroxylation sites is 1. The molecule has 1 aromatic heterocycles. The van der Waals surface area contributed by atoms with E-state index < -0.39 is 0 Å². The van der Waals surface area contributed by atoms with Crippen LogP contribution >= 0.6 is 11.6 Å². The molecule has 5 heteroatoms. The van der Waals surface area contributed by atoms with Gasteiger partial charge in [-0.3, -0.25) is 9.48 Å². The Labute approximate surface area is 116 Å². The highest BCUT2D eigenvalue weighted by Gasteiger charge is 2.08. The maximum absolute atomic E-state index is 11.4. The first-order valence-electron chi connectivity index (χ1n) is 6.00. The average Bonchev–Trinajstić information content (AvgIpc) is 2.71. The van der Waals surface area contributed by atoms with Gasteiger partial charge in [-0.25, -0.2) is 0 Å². The lowest BCUT2D eigenvalue weighted by molar-refractivity contribution is 0.101. The van der Waals surface area contributed by atoms with Crippen molar-refractivity contribution in [3.05, 3.63) is 46.7 Å². The van der Waals surface area contributed by atoms with E-state index in [4.69, 9.17) is 16.3 Å². The van der Waals surface area contributed by atoms with Crippen molar-refractivity contribution in [2.45, 2.75) is 20.4 Å². The van der Waals surface area contributed by atoms with Crippen molar-refractivity contribution in [1.82, 2.24) is 9.78 Å². The number of benzene rings is 1. The van der Waals surface area contributed by atoms with Crippen molar-refractivity contribution < 1.29 is 9.53 Å². The molecule has 0 spiro atoms. The number of aromatic nitrogens is 2. The van der Waals surface area contributed by atoms with Crippen LogP contribution in [-0.2, 0) is 6.54 Å². The lowest BCUT2D eigenvalue weighted by atomic mass is 10.1. The minimum absolute atomic E-state index is 0.00564. The fourth-order valence-corrected chi connectivity index (χ4v) is 1.92. The van der Waals surface area contributed by atoms with Gasteiger partial charge in [0, 0.05) is 0 Å². The van der Waals surface area contributed by atoms with Crippen LogP contribution in [0.5, 0.6) is 5.75 Å². The lowest BCUT2D eigenvalue weighted by Crippen LogP contribution is -2.12. The van der Waals surface area contributed by atoms with Crippen LogP contribution in [-0.4, -0.2) is 22.2 Å². The molecule has 0 saturated carbocycles. The Morgan fingerprint density at radius 2 is 2.16 bits per heavy atom. The molecule has 0 aliphatic carbocycles. The Hall–Kier alpha value is -1.81. The SMILES string of the molecule is CC(=O)c1ccccc1OCCn1ncc(Cl)c1C. The zero-order valence-electron chi connectivity index (χ0n) is 10.9. The second kappa shape index (κ2) is 5.89. The van der Waals surface area contributed by atoms with Gasteiger partial charge in [0.1, 0.15) is 12.4 Å². The number of Topliss-reactive ketones (excluding diaryl/α,β-unsaturated/α-hetero) is 1. The van der Waals surface area contributed by atoms with Crippen LogP contribution in [0.4, 0.5) is 0 Å². The smallest absolute Gasteiger partial charge is 0.163 e. The van der Waals surface area contributed by atoms with Crippen molar-refractivity contribution in [1.29, 1.82) is 0 Å². The molecule has 1 aromatic carbocycles. The zero-order chi connectivity index (χ0) is 13.8. The molecule has 1 heterocycles. The summed E-state index contributed by atoms with van der Waals surface area (Å²) < 4.78 is 7.42. The van der Waals surface area contributed by atoms with E-state index in [0.717, 1.165) is 5.69 Å². The highest BCUT2D eigenvalue weighted by Crippen LogP contribution is 2.18. The normalized spacial score (nSPS) is 10.5. The summed E-state index contributed by atoms with van der Waals surface area (Å²) in [6, 6.07) is 7.21. The fraction of sp³-hybridized carbons (Fsp3) is 0.286. The summed E-state index contributed by atoms with van der Waals surface area (Å²) in [6.07, 6.45) is 1.61. The van der Waals surface area contributed by atoms with Gasteiger partial charge in [-0.05, 0) is 26.0 Å². The highest BCUT2D eigenvalue weighted by atomic mass is 35.5. The summed E-state index contributed by atoms with van der Waals surface area (Å²) in [5.74, 6) is 0.597. The van der Waals surface area contributed by atoms with Gasteiger partial charge >= 0.3 is 0 Å². The lowest BCUT2D eigenvalue weighted by Gasteiger charge is -2.10. The number of halogens is 1. The minimum atomic E-state index is -0.00564. The second-order valence-corrected chi connectivity index (χ2v) is 4.61. The van der Waals surface area contributed by atoms with Crippen molar-refractivity contribution in [3.8, 4) is 5.75 Å². The molecule has 0 saturated heterocycles. The van der Waals surface area contributed by atoms with Gasteiger partial charge in [-0.2, -0.15) is 5.10 Å². The molecule has 0 radical (unpaired) electrons. The number of nitrogens with zero attached hydrogens (tertiary/aromatic N) is 2. The van der Waals surface area contributed by atoms with Gasteiger partial charge in [-0.15, -0.1) is 0 Å². The summed E-state index contributed by atoms with van der Waals surface area (Å²) >= 11 is 5.92. The Bertz CT molecular complexity index is 593. The first-order chi connectivity index (χ1) is 9.09. The average molecular weight is 279 g/mol. The molecule has 0 unspecified atom stereocenters. The molecule has 4 nitrogen and oxygen atoms in total. The van der Waals surface area contributed by atoms with Crippen molar-refractivity contribution in [2.75, 3.05) is 6.61 Å². The molecular formula is C14H15ClN2O2. The predicted molar refractivity (Wildman–Crippen MR) is 73.9 cm³/mol. The van der Waals surface area contributed by atoms with Crippen LogP contribution in [0.25, 0.3) is 0 Å². The number of hydrogen-bond acceptors (Lipinski definition) is 3. The van der Waals surface area contributed by atoms with Gasteiger partial charge in [0.15, 0.2) is 5.78 Å². The van der Waals surface area contributed by atoms with E-state index >= 15 is 0 Å². The largest absolute Gasteiger partial charge is 0.491 e. The zero-order valence-corrected chi connectivity index (χ0v) is 11.6. The standard InChI is InChI=1S/C14H15ClN2O2/c1-10-13(15)9-16-17(10)7-8-19-14-6-4-3-5-12(14)11(2)18/h3-6,9H,7-8H2,1-2H3. The van der Waals surface area contributed by atoms with Crippen LogP contribution in [0.1, 0.15) is 23.0 Å². The third-order valence-corrected chi connectivity index (χ3v) is 3.24. The predicted octanol–water partition coefficient (Wildman–Crippen LogP) is 3.13. The number of ketones is 1. The van der Waals surface area contributed by atoms with Crippen LogP contribution in [0, 0.1) is 6.92 Å². The topological polar surface area (TPSA) is 44.1 Å². The quantitative estimate of drug-likeness (QED) is 0.789. The summed E-state index contributed by atoms with van der Waals surface area (Å²) in [4.78, 5) is 11.4. The molecule has 100 valence electrons. The molecule has 0 aliphatic rings. The number of carbonyl (C=O) groups is 1. The molecule has 0 amide bonds. The van der Waals surface area contributed by atoms with Crippen molar-refractivity contribution in [2.24, 2.45) is 0 Å². The van der Waals surface area contributed by atoms with Crippen molar-refractivity contribution >= 4 is 17.4 Å². The summed E-state index contributed by atoms with van der Waals surface area (Å²) in [5.41, 5.74) is 1.50. The number of ether oxygens (including phenoxy) is 1. The molecule has 0 N–H and O–H groups in total. The van der Waals surface area contributed by atoms with Crippen molar-refractivity contribution in [3.63, 3.8) is 0 Å². The summed E-state index contributed by atoms with van der Waals surface area (Å²) in [5, 5.41) is 4.78. The van der Waals surface area contributed by atoms with E-state index in [9.17, 15) is 4.79 Å². The maximum Gasteiger partial charge on any atom is 0.163 e. The molecule has 19 heavy (non-hydrogen) atoms. The summed E-state index contributed by atoms with van der Waals surface area (Å²) in [6.45, 7) is 4.45. The van der Waals surface area contributed by atoms with Gasteiger partial charge in [0.2, 0.25) is 0 Å².